The smallest absolute Gasteiger partial charge is 0.272 e. The number of rotatable bonds is 5. The third-order valence-corrected chi connectivity index (χ3v) is 4.94. The summed E-state index contributed by atoms with van der Waals surface area (Å²) in [6.07, 6.45) is 1.70. The molecule has 0 unspecified atom stereocenters. The summed E-state index contributed by atoms with van der Waals surface area (Å²) in [6, 6.07) is 14.1. The van der Waals surface area contributed by atoms with Gasteiger partial charge in [0.15, 0.2) is 0 Å². The molecule has 2 aromatic rings. The second kappa shape index (κ2) is 8.66. The molecule has 1 aliphatic heterocycles. The van der Waals surface area contributed by atoms with Gasteiger partial charge in [0.25, 0.3) is 5.91 Å². The van der Waals surface area contributed by atoms with Gasteiger partial charge < -0.3 is 14.7 Å². The van der Waals surface area contributed by atoms with Crippen LogP contribution in [0.4, 0.5) is 5.69 Å². The number of anilines is 1. The summed E-state index contributed by atoms with van der Waals surface area (Å²) in [5, 5.41) is 0. The number of piperazine rings is 1. The molecule has 27 heavy (non-hydrogen) atoms. The number of nitrogens with zero attached hydrogens (tertiary/aromatic N) is 4. The Hall–Kier alpha value is -2.89. The Balaban J connectivity index is 1.71. The van der Waals surface area contributed by atoms with E-state index in [1.807, 2.05) is 30.3 Å². The van der Waals surface area contributed by atoms with Crippen molar-refractivity contribution in [3.05, 3.63) is 59.9 Å². The minimum absolute atomic E-state index is 0.0571. The van der Waals surface area contributed by atoms with Crippen molar-refractivity contribution >= 4 is 17.5 Å². The summed E-state index contributed by atoms with van der Waals surface area (Å²) in [5.41, 5.74) is 2.67. The zero-order valence-electron chi connectivity index (χ0n) is 16.0. The highest BCUT2D eigenvalue weighted by Crippen LogP contribution is 2.19. The summed E-state index contributed by atoms with van der Waals surface area (Å²) >= 11 is 0. The molecule has 1 aromatic heterocycles. The first-order valence-corrected chi connectivity index (χ1v) is 9.38. The van der Waals surface area contributed by atoms with E-state index in [0.29, 0.717) is 31.9 Å². The second-order valence-electron chi connectivity index (χ2n) is 6.70. The zero-order chi connectivity index (χ0) is 19.2. The predicted octanol–water partition coefficient (Wildman–Crippen LogP) is 2.41. The topological polar surface area (TPSA) is 56.8 Å². The van der Waals surface area contributed by atoms with Crippen LogP contribution < -0.4 is 4.90 Å². The molecule has 0 aliphatic carbocycles. The standard InChI is InChI=1S/C21H26N4O2/c1-3-23(16-18-7-5-4-6-8-18)19-9-10-22-20(15-19)21(27)25-13-11-24(12-14-25)17(2)26/h4-10,15H,3,11-14,16H2,1-2H3. The average molecular weight is 366 g/mol. The summed E-state index contributed by atoms with van der Waals surface area (Å²) in [5.74, 6) is -0.0162. The van der Waals surface area contributed by atoms with Crippen molar-refractivity contribution in [3.8, 4) is 0 Å². The van der Waals surface area contributed by atoms with E-state index in [1.165, 1.54) is 5.56 Å². The quantitative estimate of drug-likeness (QED) is 0.815. The molecular weight excluding hydrogens is 340 g/mol. The molecular formula is C21H26N4O2. The fraction of sp³-hybridized carbons (Fsp3) is 0.381. The molecule has 1 aliphatic rings. The number of hydrogen-bond donors (Lipinski definition) is 0. The van der Waals surface area contributed by atoms with Crippen molar-refractivity contribution < 1.29 is 9.59 Å². The van der Waals surface area contributed by atoms with Gasteiger partial charge in [0.2, 0.25) is 5.91 Å². The summed E-state index contributed by atoms with van der Waals surface area (Å²) in [7, 11) is 0. The van der Waals surface area contributed by atoms with E-state index in [2.05, 4.69) is 28.9 Å². The van der Waals surface area contributed by atoms with Gasteiger partial charge in [-0.2, -0.15) is 0 Å². The van der Waals surface area contributed by atoms with Gasteiger partial charge in [0.1, 0.15) is 5.69 Å². The number of carbonyl (C=O) groups is 2. The number of hydrogen-bond acceptors (Lipinski definition) is 4. The molecule has 6 heteroatoms. The number of pyridine rings is 1. The number of benzene rings is 1. The predicted molar refractivity (Wildman–Crippen MR) is 106 cm³/mol. The van der Waals surface area contributed by atoms with Crippen LogP contribution in [0.25, 0.3) is 0 Å². The first-order chi connectivity index (χ1) is 13.1. The largest absolute Gasteiger partial charge is 0.367 e. The van der Waals surface area contributed by atoms with Crippen LogP contribution in [-0.4, -0.2) is 59.3 Å². The molecule has 0 spiro atoms. The van der Waals surface area contributed by atoms with Gasteiger partial charge in [-0.1, -0.05) is 30.3 Å². The van der Waals surface area contributed by atoms with Gasteiger partial charge in [-0.25, -0.2) is 0 Å². The Morgan fingerprint density at radius 1 is 1.04 bits per heavy atom. The SMILES string of the molecule is CCN(Cc1ccccc1)c1ccnc(C(=O)N2CCN(C(C)=O)CC2)c1. The van der Waals surface area contributed by atoms with Gasteiger partial charge in [-0.05, 0) is 24.6 Å². The maximum absolute atomic E-state index is 12.8. The lowest BCUT2D eigenvalue weighted by Crippen LogP contribution is -2.50. The second-order valence-corrected chi connectivity index (χ2v) is 6.70. The van der Waals surface area contributed by atoms with Gasteiger partial charge in [-0.15, -0.1) is 0 Å². The molecule has 2 amide bonds. The fourth-order valence-corrected chi connectivity index (χ4v) is 3.31. The number of carbonyl (C=O) groups excluding carboxylic acids is 2. The Morgan fingerprint density at radius 2 is 1.70 bits per heavy atom. The molecule has 0 saturated carbocycles. The van der Waals surface area contributed by atoms with Crippen LogP contribution in [-0.2, 0) is 11.3 Å². The summed E-state index contributed by atoms with van der Waals surface area (Å²) < 4.78 is 0. The van der Waals surface area contributed by atoms with Crippen molar-refractivity contribution in [1.82, 2.24) is 14.8 Å². The lowest BCUT2D eigenvalue weighted by molar-refractivity contribution is -0.130. The molecule has 142 valence electrons. The maximum atomic E-state index is 12.8. The summed E-state index contributed by atoms with van der Waals surface area (Å²) in [6.45, 7) is 7.54. The molecule has 0 radical (unpaired) electrons. The lowest BCUT2D eigenvalue weighted by atomic mass is 10.2. The highest BCUT2D eigenvalue weighted by atomic mass is 16.2. The van der Waals surface area contributed by atoms with E-state index in [0.717, 1.165) is 18.8 Å². The third-order valence-electron chi connectivity index (χ3n) is 4.94. The van der Waals surface area contributed by atoms with Gasteiger partial charge >= 0.3 is 0 Å². The molecule has 1 saturated heterocycles. The molecule has 3 rings (SSSR count). The van der Waals surface area contributed by atoms with Gasteiger partial charge in [0.05, 0.1) is 0 Å². The zero-order valence-corrected chi connectivity index (χ0v) is 16.0. The van der Waals surface area contributed by atoms with Gasteiger partial charge in [0, 0.05) is 58.1 Å². The molecule has 1 fully saturated rings. The minimum atomic E-state index is -0.0733. The van der Waals surface area contributed by atoms with Crippen LogP contribution in [0.5, 0.6) is 0 Å². The first-order valence-electron chi connectivity index (χ1n) is 9.38. The van der Waals surface area contributed by atoms with Crippen LogP contribution in [0.1, 0.15) is 29.9 Å². The van der Waals surface area contributed by atoms with E-state index in [4.69, 9.17) is 0 Å². The van der Waals surface area contributed by atoms with E-state index >= 15 is 0 Å². The molecule has 2 heterocycles. The maximum Gasteiger partial charge on any atom is 0.272 e. The van der Waals surface area contributed by atoms with Crippen LogP contribution >= 0.6 is 0 Å². The Morgan fingerprint density at radius 3 is 2.33 bits per heavy atom. The van der Waals surface area contributed by atoms with Crippen molar-refractivity contribution in [2.75, 3.05) is 37.6 Å². The van der Waals surface area contributed by atoms with Crippen LogP contribution in [0.15, 0.2) is 48.7 Å². The first kappa shape index (κ1) is 18.9. The minimum Gasteiger partial charge on any atom is -0.367 e. The van der Waals surface area contributed by atoms with Gasteiger partial charge in [-0.3, -0.25) is 14.6 Å². The van der Waals surface area contributed by atoms with Crippen LogP contribution in [0.2, 0.25) is 0 Å². The van der Waals surface area contributed by atoms with E-state index in [1.54, 1.807) is 22.9 Å². The number of aromatic nitrogens is 1. The third kappa shape index (κ3) is 4.64. The molecule has 0 atom stereocenters. The van der Waals surface area contributed by atoms with Crippen molar-refractivity contribution in [2.24, 2.45) is 0 Å². The van der Waals surface area contributed by atoms with E-state index in [9.17, 15) is 9.59 Å². The normalized spacial score (nSPS) is 14.1. The molecule has 0 N–H and O–H groups in total. The monoisotopic (exact) mass is 366 g/mol. The highest BCUT2D eigenvalue weighted by molar-refractivity contribution is 5.93. The van der Waals surface area contributed by atoms with E-state index in [-0.39, 0.29) is 11.8 Å². The van der Waals surface area contributed by atoms with Crippen LogP contribution in [0.3, 0.4) is 0 Å². The fourth-order valence-electron chi connectivity index (χ4n) is 3.31. The van der Waals surface area contributed by atoms with Crippen LogP contribution in [0, 0.1) is 0 Å². The Labute approximate surface area is 160 Å². The Kier molecular flexibility index (Phi) is 6.06. The molecule has 0 bridgehead atoms. The average Bonchev–Trinajstić information content (AvgIpc) is 2.72. The van der Waals surface area contributed by atoms with Crippen molar-refractivity contribution in [2.45, 2.75) is 20.4 Å². The Bertz CT molecular complexity index is 786. The van der Waals surface area contributed by atoms with Crippen molar-refractivity contribution in [3.63, 3.8) is 0 Å². The molecule has 1 aromatic carbocycles. The molecule has 6 nitrogen and oxygen atoms in total. The highest BCUT2D eigenvalue weighted by Gasteiger charge is 2.24. The number of amides is 2. The van der Waals surface area contributed by atoms with E-state index < -0.39 is 0 Å². The lowest BCUT2D eigenvalue weighted by Gasteiger charge is -2.34. The van der Waals surface area contributed by atoms with Crippen molar-refractivity contribution in [1.29, 1.82) is 0 Å². The summed E-state index contributed by atoms with van der Waals surface area (Å²) in [4.78, 5) is 34.4.